The minimum absolute atomic E-state index is 0.00345. The zero-order chi connectivity index (χ0) is 35.0. The Morgan fingerprint density at radius 2 is 1.08 bits per heavy atom. The Morgan fingerprint density at radius 3 is 1.77 bits per heavy atom. The summed E-state index contributed by atoms with van der Waals surface area (Å²) >= 11 is 0. The van der Waals surface area contributed by atoms with Crippen LogP contribution in [0.4, 0.5) is 5.69 Å². The lowest BCUT2D eigenvalue weighted by atomic mass is 9.55. The standard InChI is InChI=1S/C49H37N3/c1-48(2)40-21-8-10-23-42(40)49(43-24-11-9-22-41(43)48)39-20-7-6-18-38(39)45-37(19-13-25-44(45)49)33-26-28-34(29-27-33)46-51-47(35-15-12-14-32(30-35)31-50)52(46)36-16-4-3-5-17-36/h3-30,46-47,51H,1-2H3. The molecule has 52 heavy (non-hydrogen) atoms. The third-order valence-electron chi connectivity index (χ3n) is 11.9. The summed E-state index contributed by atoms with van der Waals surface area (Å²) in [5.41, 5.74) is 16.9. The minimum Gasteiger partial charge on any atom is -0.332 e. The second-order valence-corrected chi connectivity index (χ2v) is 14.8. The third kappa shape index (κ3) is 4.16. The Kier molecular flexibility index (Phi) is 6.71. The van der Waals surface area contributed by atoms with Gasteiger partial charge >= 0.3 is 0 Å². The Balaban J connectivity index is 1.10. The maximum atomic E-state index is 9.58. The molecule has 3 nitrogen and oxygen atoms in total. The SMILES string of the molecule is CC1(C)c2ccccc2C2(c3ccccc3-c3c(-c4ccc(C5NC(c6cccc(C#N)c6)N5c5ccccc5)cc4)cccc32)c2ccccc21. The van der Waals surface area contributed by atoms with Crippen LogP contribution in [0.5, 0.6) is 0 Å². The van der Waals surface area contributed by atoms with Gasteiger partial charge in [0.2, 0.25) is 0 Å². The second-order valence-electron chi connectivity index (χ2n) is 14.8. The zero-order valence-corrected chi connectivity index (χ0v) is 29.2. The smallest absolute Gasteiger partial charge is 0.109 e. The fourth-order valence-electron chi connectivity index (χ4n) is 9.56. The van der Waals surface area contributed by atoms with E-state index in [2.05, 4.69) is 182 Å². The van der Waals surface area contributed by atoms with Crippen LogP contribution in [0.15, 0.2) is 170 Å². The molecule has 0 aromatic heterocycles. The van der Waals surface area contributed by atoms with Gasteiger partial charge in [-0.2, -0.15) is 5.26 Å². The van der Waals surface area contributed by atoms with Crippen molar-refractivity contribution in [1.29, 1.82) is 5.26 Å². The van der Waals surface area contributed by atoms with E-state index in [1.165, 1.54) is 61.2 Å². The van der Waals surface area contributed by atoms with Crippen molar-refractivity contribution in [2.75, 3.05) is 4.90 Å². The van der Waals surface area contributed by atoms with Crippen molar-refractivity contribution < 1.29 is 0 Å². The molecule has 10 rings (SSSR count). The van der Waals surface area contributed by atoms with Crippen LogP contribution in [0.2, 0.25) is 0 Å². The molecule has 7 aromatic rings. The minimum atomic E-state index is -0.408. The summed E-state index contributed by atoms with van der Waals surface area (Å²) in [5, 5.41) is 13.4. The lowest BCUT2D eigenvalue weighted by molar-refractivity contribution is 0.276. The maximum Gasteiger partial charge on any atom is 0.109 e. The average Bonchev–Trinajstić information content (AvgIpc) is 3.49. The van der Waals surface area contributed by atoms with Gasteiger partial charge in [0.15, 0.2) is 0 Å². The lowest BCUT2D eigenvalue weighted by Crippen LogP contribution is -2.57. The first-order valence-corrected chi connectivity index (χ1v) is 18.1. The monoisotopic (exact) mass is 667 g/mol. The number of anilines is 1. The van der Waals surface area contributed by atoms with E-state index in [0.717, 1.165) is 11.3 Å². The molecule has 1 spiro atoms. The normalized spacial score (nSPS) is 18.4. The number of nitrogens with zero attached hydrogens (tertiary/aromatic N) is 2. The number of rotatable bonds is 4. The molecule has 1 fully saturated rings. The van der Waals surface area contributed by atoms with Crippen molar-refractivity contribution >= 4 is 5.69 Å². The first kappa shape index (κ1) is 30.6. The van der Waals surface area contributed by atoms with E-state index >= 15 is 0 Å². The summed E-state index contributed by atoms with van der Waals surface area (Å²) in [6.45, 7) is 4.75. The van der Waals surface area contributed by atoms with Crippen LogP contribution in [0, 0.1) is 11.3 Å². The van der Waals surface area contributed by atoms with Gasteiger partial charge in [-0.25, -0.2) is 0 Å². The number of nitrogens with one attached hydrogen (secondary N) is 1. The molecule has 1 aliphatic heterocycles. The van der Waals surface area contributed by atoms with Crippen molar-refractivity contribution in [3.63, 3.8) is 0 Å². The number of fused-ring (bicyclic) bond motifs is 9. The van der Waals surface area contributed by atoms with Crippen LogP contribution in [0.1, 0.15) is 76.3 Å². The van der Waals surface area contributed by atoms with E-state index in [1.54, 1.807) is 0 Å². The highest BCUT2D eigenvalue weighted by atomic mass is 15.5. The van der Waals surface area contributed by atoms with Gasteiger partial charge in [0.1, 0.15) is 12.3 Å². The van der Waals surface area contributed by atoms with E-state index in [9.17, 15) is 5.26 Å². The molecule has 2 aliphatic carbocycles. The van der Waals surface area contributed by atoms with E-state index in [4.69, 9.17) is 0 Å². The molecule has 3 heteroatoms. The highest BCUT2D eigenvalue weighted by Crippen LogP contribution is 2.63. The summed E-state index contributed by atoms with van der Waals surface area (Å²) in [6.07, 6.45) is -0.0343. The largest absolute Gasteiger partial charge is 0.332 e. The summed E-state index contributed by atoms with van der Waals surface area (Å²) < 4.78 is 0. The predicted molar refractivity (Wildman–Crippen MR) is 210 cm³/mol. The summed E-state index contributed by atoms with van der Waals surface area (Å²) in [4.78, 5) is 2.41. The molecule has 248 valence electrons. The van der Waals surface area contributed by atoms with E-state index in [1.807, 2.05) is 18.2 Å². The molecular formula is C49H37N3. The number of benzene rings is 7. The molecule has 7 aromatic carbocycles. The lowest BCUT2D eigenvalue weighted by Gasteiger charge is -2.51. The van der Waals surface area contributed by atoms with Gasteiger partial charge in [-0.3, -0.25) is 5.32 Å². The molecule has 0 amide bonds. The van der Waals surface area contributed by atoms with Crippen molar-refractivity contribution in [2.45, 2.75) is 37.0 Å². The Labute approximate surface area is 305 Å². The van der Waals surface area contributed by atoms with Gasteiger partial charge in [0.05, 0.1) is 17.0 Å². The van der Waals surface area contributed by atoms with Gasteiger partial charge in [-0.05, 0) is 91.0 Å². The highest BCUT2D eigenvalue weighted by Gasteiger charge is 2.53. The molecule has 0 radical (unpaired) electrons. The van der Waals surface area contributed by atoms with E-state index < -0.39 is 5.41 Å². The second kappa shape index (κ2) is 11.4. The van der Waals surface area contributed by atoms with Crippen LogP contribution >= 0.6 is 0 Å². The molecule has 1 heterocycles. The van der Waals surface area contributed by atoms with Gasteiger partial charge in [0, 0.05) is 11.1 Å². The first-order chi connectivity index (χ1) is 25.5. The highest BCUT2D eigenvalue weighted by molar-refractivity contribution is 5.96. The first-order valence-electron chi connectivity index (χ1n) is 18.1. The molecule has 1 N–H and O–H groups in total. The van der Waals surface area contributed by atoms with E-state index in [0.29, 0.717) is 5.56 Å². The van der Waals surface area contributed by atoms with Crippen molar-refractivity contribution in [2.24, 2.45) is 0 Å². The van der Waals surface area contributed by atoms with Crippen LogP contribution in [0.25, 0.3) is 22.3 Å². The summed E-state index contributed by atoms with van der Waals surface area (Å²) in [5.74, 6) is 0. The topological polar surface area (TPSA) is 39.1 Å². The number of hydrogen-bond acceptors (Lipinski definition) is 3. The fourth-order valence-corrected chi connectivity index (χ4v) is 9.56. The number of nitriles is 1. The molecule has 3 aliphatic rings. The zero-order valence-electron chi connectivity index (χ0n) is 29.2. The van der Waals surface area contributed by atoms with Crippen LogP contribution in [-0.4, -0.2) is 0 Å². The van der Waals surface area contributed by atoms with Crippen molar-refractivity contribution in [3.05, 3.63) is 220 Å². The molecule has 1 saturated heterocycles. The van der Waals surface area contributed by atoms with Gasteiger partial charge in [-0.15, -0.1) is 0 Å². The van der Waals surface area contributed by atoms with E-state index in [-0.39, 0.29) is 17.7 Å². The quantitative estimate of drug-likeness (QED) is 0.203. The van der Waals surface area contributed by atoms with Gasteiger partial charge in [-0.1, -0.05) is 159 Å². The molecule has 0 bridgehead atoms. The molecule has 0 saturated carbocycles. The summed E-state index contributed by atoms with van der Waals surface area (Å²) in [7, 11) is 0. The Bertz CT molecular complexity index is 2510. The van der Waals surface area contributed by atoms with Crippen LogP contribution in [0.3, 0.4) is 0 Å². The summed E-state index contributed by atoms with van der Waals surface area (Å²) in [6, 6.07) is 64.1. The Hall–Kier alpha value is -6.21. The third-order valence-corrected chi connectivity index (χ3v) is 11.9. The Morgan fingerprint density at radius 1 is 0.519 bits per heavy atom. The fraction of sp³-hybridized carbons (Fsp3) is 0.122. The predicted octanol–water partition coefficient (Wildman–Crippen LogP) is 11.0. The number of hydrogen-bond donors (Lipinski definition) is 1. The van der Waals surface area contributed by atoms with Gasteiger partial charge < -0.3 is 4.90 Å². The van der Waals surface area contributed by atoms with Crippen molar-refractivity contribution in [3.8, 4) is 28.3 Å². The maximum absolute atomic E-state index is 9.58. The molecule has 2 atom stereocenters. The van der Waals surface area contributed by atoms with Crippen LogP contribution in [-0.2, 0) is 10.8 Å². The van der Waals surface area contributed by atoms with Crippen LogP contribution < -0.4 is 10.2 Å². The molecule has 2 unspecified atom stereocenters. The number of para-hydroxylation sites is 1. The van der Waals surface area contributed by atoms with Crippen molar-refractivity contribution in [1.82, 2.24) is 5.32 Å². The van der Waals surface area contributed by atoms with Gasteiger partial charge in [0.25, 0.3) is 0 Å². The molecular weight excluding hydrogens is 631 g/mol. The average molecular weight is 668 g/mol.